The van der Waals surface area contributed by atoms with Crippen molar-refractivity contribution < 1.29 is 14.6 Å². The van der Waals surface area contributed by atoms with Gasteiger partial charge < -0.3 is 20.3 Å². The monoisotopic (exact) mass is 356 g/mol. The van der Waals surface area contributed by atoms with E-state index < -0.39 is 0 Å². The fourth-order valence-corrected chi connectivity index (χ4v) is 3.38. The van der Waals surface area contributed by atoms with Crippen molar-refractivity contribution in [3.8, 4) is 17.2 Å². The first-order chi connectivity index (χ1) is 12.1. The molecule has 0 saturated heterocycles. The predicted molar refractivity (Wildman–Crippen MR) is 99.7 cm³/mol. The van der Waals surface area contributed by atoms with E-state index in [1.54, 1.807) is 26.4 Å². The van der Waals surface area contributed by atoms with Crippen LogP contribution in [0.1, 0.15) is 22.7 Å². The fraction of sp³-hybridized carbons (Fsp3) is 0.211. The maximum absolute atomic E-state index is 10.2. The van der Waals surface area contributed by atoms with Gasteiger partial charge in [0.05, 0.1) is 19.9 Å². The summed E-state index contributed by atoms with van der Waals surface area (Å²) in [4.78, 5) is 4.45. The first kappa shape index (κ1) is 17.1. The summed E-state index contributed by atoms with van der Waals surface area (Å²) < 4.78 is 10.5. The molecule has 2 aromatic carbocycles. The highest BCUT2D eigenvalue weighted by Gasteiger charge is 2.20. The number of phenols is 1. The van der Waals surface area contributed by atoms with Crippen LogP contribution in [-0.2, 0) is 6.42 Å². The summed E-state index contributed by atoms with van der Waals surface area (Å²) in [5.41, 5.74) is 8.59. The second-order valence-electron chi connectivity index (χ2n) is 5.64. The van der Waals surface area contributed by atoms with Gasteiger partial charge >= 0.3 is 0 Å². The number of thiazole rings is 1. The molecular weight excluding hydrogens is 336 g/mol. The number of nitrogen functional groups attached to an aromatic ring is 1. The Kier molecular flexibility index (Phi) is 5.09. The van der Waals surface area contributed by atoms with Gasteiger partial charge in [-0.1, -0.05) is 12.1 Å². The summed E-state index contributed by atoms with van der Waals surface area (Å²) in [6.45, 7) is 0. The highest BCUT2D eigenvalue weighted by Crippen LogP contribution is 2.34. The number of ether oxygens (including phenoxy) is 2. The second-order valence-corrected chi connectivity index (χ2v) is 6.52. The molecule has 25 heavy (non-hydrogen) atoms. The Bertz CT molecular complexity index is 846. The number of anilines is 1. The van der Waals surface area contributed by atoms with E-state index in [0.717, 1.165) is 22.6 Å². The average molecular weight is 356 g/mol. The van der Waals surface area contributed by atoms with Gasteiger partial charge in [0, 0.05) is 11.3 Å². The van der Waals surface area contributed by atoms with Crippen LogP contribution in [0.4, 0.5) is 5.13 Å². The minimum Gasteiger partial charge on any atom is -0.508 e. The van der Waals surface area contributed by atoms with E-state index in [0.29, 0.717) is 17.3 Å². The molecule has 0 aliphatic heterocycles. The van der Waals surface area contributed by atoms with Crippen LogP contribution in [0.2, 0.25) is 0 Å². The molecule has 1 heterocycles. The van der Waals surface area contributed by atoms with Crippen molar-refractivity contribution in [1.29, 1.82) is 0 Å². The minimum atomic E-state index is -0.0301. The number of methoxy groups -OCH3 is 2. The normalized spacial score (nSPS) is 11.9. The molecule has 3 aromatic rings. The number of rotatable bonds is 6. The molecule has 0 spiro atoms. The molecule has 6 heteroatoms. The Labute approximate surface area is 150 Å². The molecule has 0 radical (unpaired) electrons. The zero-order valence-electron chi connectivity index (χ0n) is 14.1. The lowest BCUT2D eigenvalue weighted by atomic mass is 9.89. The molecule has 0 fully saturated rings. The van der Waals surface area contributed by atoms with E-state index in [4.69, 9.17) is 15.2 Å². The van der Waals surface area contributed by atoms with E-state index in [1.807, 2.05) is 35.7 Å². The van der Waals surface area contributed by atoms with E-state index in [2.05, 4.69) is 4.98 Å². The van der Waals surface area contributed by atoms with Gasteiger partial charge in [0.1, 0.15) is 17.2 Å². The largest absolute Gasteiger partial charge is 0.508 e. The van der Waals surface area contributed by atoms with Crippen molar-refractivity contribution in [2.24, 2.45) is 0 Å². The van der Waals surface area contributed by atoms with Gasteiger partial charge in [-0.05, 0) is 47.9 Å². The third-order valence-electron chi connectivity index (χ3n) is 4.13. The second kappa shape index (κ2) is 7.44. The minimum absolute atomic E-state index is 0.0301. The molecule has 3 rings (SSSR count). The van der Waals surface area contributed by atoms with Gasteiger partial charge in [0.25, 0.3) is 0 Å². The highest BCUT2D eigenvalue weighted by molar-refractivity contribution is 7.13. The molecular formula is C19H20N2O3S. The summed E-state index contributed by atoms with van der Waals surface area (Å²) in [6.07, 6.45) is 0.582. The van der Waals surface area contributed by atoms with Crippen LogP contribution < -0.4 is 15.2 Å². The summed E-state index contributed by atoms with van der Waals surface area (Å²) >= 11 is 1.41. The smallest absolute Gasteiger partial charge is 0.180 e. The predicted octanol–water partition coefficient (Wildman–Crippen LogP) is 3.82. The highest BCUT2D eigenvalue weighted by atomic mass is 32.1. The average Bonchev–Trinajstić information content (AvgIpc) is 3.07. The number of nitrogens with two attached hydrogens (primary N) is 1. The maximum Gasteiger partial charge on any atom is 0.180 e. The number of phenolic OH excluding ortho intramolecular Hbond substituents is 1. The van der Waals surface area contributed by atoms with E-state index in [9.17, 15) is 5.11 Å². The fourth-order valence-electron chi connectivity index (χ4n) is 2.76. The van der Waals surface area contributed by atoms with Crippen molar-refractivity contribution >= 4 is 16.5 Å². The van der Waals surface area contributed by atoms with Gasteiger partial charge in [0.2, 0.25) is 0 Å². The summed E-state index contributed by atoms with van der Waals surface area (Å²) in [7, 11) is 3.25. The number of nitrogens with zero attached hydrogens (tertiary/aromatic N) is 1. The van der Waals surface area contributed by atoms with Crippen LogP contribution in [0.25, 0.3) is 0 Å². The molecule has 0 saturated carbocycles. The molecule has 5 nitrogen and oxygen atoms in total. The Hall–Kier alpha value is -2.73. The molecule has 1 atom stereocenters. The van der Waals surface area contributed by atoms with Crippen LogP contribution in [0.3, 0.4) is 0 Å². The van der Waals surface area contributed by atoms with Crippen molar-refractivity contribution in [2.75, 3.05) is 20.0 Å². The standard InChI is InChI=1S/C19H20N2O3S/c1-23-14-5-3-12(4-6-14)16(17-11-25-19(20)21-17)10-13-9-15(24-2)7-8-18(13)22/h3-9,11,16,22H,10H2,1-2H3,(H2,20,21). The first-order valence-electron chi connectivity index (χ1n) is 7.81. The molecule has 0 aliphatic carbocycles. The topological polar surface area (TPSA) is 77.6 Å². The van der Waals surface area contributed by atoms with Gasteiger partial charge in [0.15, 0.2) is 5.13 Å². The molecule has 0 amide bonds. The van der Waals surface area contributed by atoms with E-state index in [-0.39, 0.29) is 11.7 Å². The van der Waals surface area contributed by atoms with Crippen molar-refractivity contribution in [2.45, 2.75) is 12.3 Å². The van der Waals surface area contributed by atoms with Crippen LogP contribution in [0.15, 0.2) is 47.8 Å². The quantitative estimate of drug-likeness (QED) is 0.702. The third-order valence-corrected chi connectivity index (χ3v) is 4.82. The van der Waals surface area contributed by atoms with Gasteiger partial charge in [-0.15, -0.1) is 11.3 Å². The number of aromatic hydroxyl groups is 1. The molecule has 0 aliphatic rings. The first-order valence-corrected chi connectivity index (χ1v) is 8.69. The van der Waals surface area contributed by atoms with Crippen molar-refractivity contribution in [3.63, 3.8) is 0 Å². The van der Waals surface area contributed by atoms with Crippen LogP contribution >= 0.6 is 11.3 Å². The Morgan fingerprint density at radius 1 is 1.08 bits per heavy atom. The van der Waals surface area contributed by atoms with Crippen molar-refractivity contribution in [3.05, 3.63) is 64.7 Å². The Morgan fingerprint density at radius 2 is 1.76 bits per heavy atom. The summed E-state index contributed by atoms with van der Waals surface area (Å²) in [5, 5.41) is 12.7. The maximum atomic E-state index is 10.2. The lowest BCUT2D eigenvalue weighted by Gasteiger charge is -2.17. The van der Waals surface area contributed by atoms with E-state index in [1.165, 1.54) is 11.3 Å². The lowest BCUT2D eigenvalue weighted by molar-refractivity contribution is 0.410. The van der Waals surface area contributed by atoms with Crippen LogP contribution in [0.5, 0.6) is 17.2 Å². The third kappa shape index (κ3) is 3.85. The van der Waals surface area contributed by atoms with Gasteiger partial charge in [-0.2, -0.15) is 0 Å². The zero-order chi connectivity index (χ0) is 17.8. The summed E-state index contributed by atoms with van der Waals surface area (Å²) in [5.74, 6) is 1.71. The Morgan fingerprint density at radius 3 is 2.36 bits per heavy atom. The van der Waals surface area contributed by atoms with Gasteiger partial charge in [-0.25, -0.2) is 4.98 Å². The van der Waals surface area contributed by atoms with E-state index >= 15 is 0 Å². The number of aromatic nitrogens is 1. The SMILES string of the molecule is COc1ccc(C(Cc2cc(OC)ccc2O)c2csc(N)n2)cc1. The van der Waals surface area contributed by atoms with Crippen LogP contribution in [-0.4, -0.2) is 24.3 Å². The van der Waals surface area contributed by atoms with Crippen LogP contribution in [0, 0.1) is 0 Å². The molecule has 0 bridgehead atoms. The number of hydrogen-bond acceptors (Lipinski definition) is 6. The molecule has 3 N–H and O–H groups in total. The number of hydrogen-bond donors (Lipinski definition) is 2. The van der Waals surface area contributed by atoms with Crippen molar-refractivity contribution in [1.82, 2.24) is 4.98 Å². The Balaban J connectivity index is 1.99. The zero-order valence-corrected chi connectivity index (χ0v) is 14.9. The summed E-state index contributed by atoms with van der Waals surface area (Å²) in [6, 6.07) is 13.1. The van der Waals surface area contributed by atoms with Gasteiger partial charge in [-0.3, -0.25) is 0 Å². The molecule has 1 aromatic heterocycles. The molecule has 130 valence electrons. The lowest BCUT2D eigenvalue weighted by Crippen LogP contribution is -2.06. The number of benzene rings is 2. The molecule has 1 unspecified atom stereocenters.